The molecule has 0 amide bonds. The maximum absolute atomic E-state index is 5.27. The van der Waals surface area contributed by atoms with Gasteiger partial charge >= 0.3 is 0 Å². The second kappa shape index (κ2) is 4.74. The zero-order chi connectivity index (χ0) is 11.5. The van der Waals surface area contributed by atoms with E-state index in [0.717, 1.165) is 24.0 Å². The number of hydrogen-bond donors (Lipinski definition) is 1. The molecule has 0 aliphatic heterocycles. The molecule has 1 aromatic carbocycles. The lowest BCUT2D eigenvalue weighted by Crippen LogP contribution is -2.10. The SMILES string of the molecule is CNCC1CC1c1cc(OC)cc(OC)c1. The second-order valence-corrected chi connectivity index (χ2v) is 4.31. The van der Waals surface area contributed by atoms with Gasteiger partial charge in [0, 0.05) is 6.07 Å². The summed E-state index contributed by atoms with van der Waals surface area (Å²) in [7, 11) is 5.38. The smallest absolute Gasteiger partial charge is 0.122 e. The van der Waals surface area contributed by atoms with Crippen LogP contribution in [0.4, 0.5) is 0 Å². The molecule has 16 heavy (non-hydrogen) atoms. The molecule has 88 valence electrons. The number of methoxy groups -OCH3 is 2. The van der Waals surface area contributed by atoms with E-state index >= 15 is 0 Å². The molecule has 0 spiro atoms. The fraction of sp³-hybridized carbons (Fsp3) is 0.538. The largest absolute Gasteiger partial charge is 0.497 e. The molecule has 3 nitrogen and oxygen atoms in total. The summed E-state index contributed by atoms with van der Waals surface area (Å²) in [5.74, 6) is 3.19. The van der Waals surface area contributed by atoms with Crippen molar-refractivity contribution in [2.24, 2.45) is 5.92 Å². The molecule has 2 unspecified atom stereocenters. The van der Waals surface area contributed by atoms with Gasteiger partial charge in [0.25, 0.3) is 0 Å². The summed E-state index contributed by atoms with van der Waals surface area (Å²) < 4.78 is 10.5. The molecule has 2 rings (SSSR count). The summed E-state index contributed by atoms with van der Waals surface area (Å²) in [6, 6.07) is 6.14. The molecule has 1 aliphatic rings. The summed E-state index contributed by atoms with van der Waals surface area (Å²) in [5.41, 5.74) is 1.33. The maximum atomic E-state index is 5.27. The Morgan fingerprint density at radius 2 is 1.81 bits per heavy atom. The van der Waals surface area contributed by atoms with Crippen LogP contribution in [0.15, 0.2) is 18.2 Å². The molecule has 1 aliphatic carbocycles. The molecular weight excluding hydrogens is 202 g/mol. The van der Waals surface area contributed by atoms with Gasteiger partial charge in [-0.05, 0) is 49.5 Å². The first kappa shape index (κ1) is 11.3. The van der Waals surface area contributed by atoms with E-state index in [9.17, 15) is 0 Å². The van der Waals surface area contributed by atoms with E-state index in [2.05, 4.69) is 17.4 Å². The van der Waals surface area contributed by atoms with Gasteiger partial charge in [0.05, 0.1) is 14.2 Å². The van der Waals surface area contributed by atoms with Crippen LogP contribution >= 0.6 is 0 Å². The Morgan fingerprint density at radius 1 is 1.19 bits per heavy atom. The van der Waals surface area contributed by atoms with Crippen molar-refractivity contribution in [2.45, 2.75) is 12.3 Å². The minimum absolute atomic E-state index is 0.663. The zero-order valence-corrected chi connectivity index (χ0v) is 10.1. The van der Waals surface area contributed by atoms with Crippen LogP contribution in [0.5, 0.6) is 11.5 Å². The van der Waals surface area contributed by atoms with E-state index in [4.69, 9.17) is 9.47 Å². The highest BCUT2D eigenvalue weighted by Gasteiger charge is 2.37. The number of nitrogens with one attached hydrogen (secondary N) is 1. The number of hydrogen-bond acceptors (Lipinski definition) is 3. The van der Waals surface area contributed by atoms with Gasteiger partial charge in [0.1, 0.15) is 11.5 Å². The normalized spacial score (nSPS) is 22.9. The van der Waals surface area contributed by atoms with E-state index in [1.165, 1.54) is 12.0 Å². The Bertz CT molecular complexity index is 343. The van der Waals surface area contributed by atoms with Crippen LogP contribution in [-0.2, 0) is 0 Å². The van der Waals surface area contributed by atoms with Gasteiger partial charge in [-0.1, -0.05) is 0 Å². The average molecular weight is 221 g/mol. The van der Waals surface area contributed by atoms with Crippen molar-refractivity contribution in [2.75, 3.05) is 27.8 Å². The lowest BCUT2D eigenvalue weighted by Gasteiger charge is -2.08. The number of benzene rings is 1. The summed E-state index contributed by atoms with van der Waals surface area (Å²) in [4.78, 5) is 0. The lowest BCUT2D eigenvalue weighted by molar-refractivity contribution is 0.393. The van der Waals surface area contributed by atoms with Crippen LogP contribution in [0.1, 0.15) is 17.9 Å². The molecule has 1 aromatic rings. The van der Waals surface area contributed by atoms with Gasteiger partial charge in [-0.2, -0.15) is 0 Å². The van der Waals surface area contributed by atoms with Gasteiger partial charge in [-0.3, -0.25) is 0 Å². The highest BCUT2D eigenvalue weighted by atomic mass is 16.5. The van der Waals surface area contributed by atoms with Gasteiger partial charge < -0.3 is 14.8 Å². The van der Waals surface area contributed by atoms with Crippen molar-refractivity contribution < 1.29 is 9.47 Å². The predicted octanol–water partition coefficient (Wildman–Crippen LogP) is 2.03. The molecule has 0 heterocycles. The Labute approximate surface area is 96.8 Å². The van der Waals surface area contributed by atoms with Crippen molar-refractivity contribution in [1.29, 1.82) is 0 Å². The summed E-state index contributed by atoms with van der Waals surface area (Å²) in [5, 5.41) is 3.22. The van der Waals surface area contributed by atoms with E-state index in [-0.39, 0.29) is 0 Å². The van der Waals surface area contributed by atoms with Crippen molar-refractivity contribution in [3.05, 3.63) is 23.8 Å². The first-order valence-corrected chi connectivity index (χ1v) is 5.66. The molecule has 2 atom stereocenters. The van der Waals surface area contributed by atoms with E-state index in [1.54, 1.807) is 14.2 Å². The van der Waals surface area contributed by atoms with Crippen LogP contribution in [-0.4, -0.2) is 27.8 Å². The summed E-state index contributed by atoms with van der Waals surface area (Å²) in [6.07, 6.45) is 1.26. The Morgan fingerprint density at radius 3 is 2.31 bits per heavy atom. The molecule has 0 aromatic heterocycles. The zero-order valence-electron chi connectivity index (χ0n) is 10.1. The fourth-order valence-electron chi connectivity index (χ4n) is 2.19. The lowest BCUT2D eigenvalue weighted by atomic mass is 10.1. The third kappa shape index (κ3) is 2.30. The van der Waals surface area contributed by atoms with Gasteiger partial charge in [-0.15, -0.1) is 0 Å². The van der Waals surface area contributed by atoms with Crippen LogP contribution in [0.2, 0.25) is 0 Å². The van der Waals surface area contributed by atoms with Crippen molar-refractivity contribution in [3.8, 4) is 11.5 Å². The maximum Gasteiger partial charge on any atom is 0.122 e. The minimum Gasteiger partial charge on any atom is -0.497 e. The molecule has 1 N–H and O–H groups in total. The fourth-order valence-corrected chi connectivity index (χ4v) is 2.19. The third-order valence-electron chi connectivity index (χ3n) is 3.19. The summed E-state index contributed by atoms with van der Waals surface area (Å²) in [6.45, 7) is 1.09. The standard InChI is InChI=1S/C13H19NO2/c1-14-8-10-6-13(10)9-4-11(15-2)7-12(5-9)16-3/h4-5,7,10,13-14H,6,8H2,1-3H3. The highest BCUT2D eigenvalue weighted by Crippen LogP contribution is 2.48. The van der Waals surface area contributed by atoms with Gasteiger partial charge in [0.15, 0.2) is 0 Å². The van der Waals surface area contributed by atoms with Gasteiger partial charge in [-0.25, -0.2) is 0 Å². The van der Waals surface area contributed by atoms with Crippen molar-refractivity contribution in [3.63, 3.8) is 0 Å². The first-order chi connectivity index (χ1) is 7.78. The first-order valence-electron chi connectivity index (χ1n) is 5.66. The number of rotatable bonds is 5. The van der Waals surface area contributed by atoms with Crippen LogP contribution in [0, 0.1) is 5.92 Å². The molecule has 0 bridgehead atoms. The van der Waals surface area contributed by atoms with Crippen LogP contribution < -0.4 is 14.8 Å². The van der Waals surface area contributed by atoms with Crippen LogP contribution in [0.3, 0.4) is 0 Å². The average Bonchev–Trinajstić information content (AvgIpc) is 3.08. The van der Waals surface area contributed by atoms with E-state index in [1.807, 2.05) is 13.1 Å². The predicted molar refractivity (Wildman–Crippen MR) is 64.3 cm³/mol. The Balaban J connectivity index is 2.15. The molecular formula is C13H19NO2. The van der Waals surface area contributed by atoms with E-state index in [0.29, 0.717) is 5.92 Å². The Kier molecular flexibility index (Phi) is 3.34. The van der Waals surface area contributed by atoms with Crippen molar-refractivity contribution in [1.82, 2.24) is 5.32 Å². The third-order valence-corrected chi connectivity index (χ3v) is 3.19. The molecule has 3 heteroatoms. The molecule has 1 fully saturated rings. The Hall–Kier alpha value is -1.22. The van der Waals surface area contributed by atoms with E-state index < -0.39 is 0 Å². The summed E-state index contributed by atoms with van der Waals surface area (Å²) >= 11 is 0. The second-order valence-electron chi connectivity index (χ2n) is 4.31. The highest BCUT2D eigenvalue weighted by molar-refractivity contribution is 5.42. The molecule has 0 saturated heterocycles. The molecule has 0 radical (unpaired) electrons. The molecule has 1 saturated carbocycles. The van der Waals surface area contributed by atoms with Crippen molar-refractivity contribution >= 4 is 0 Å². The topological polar surface area (TPSA) is 30.5 Å². The number of ether oxygens (including phenoxy) is 2. The quantitative estimate of drug-likeness (QED) is 0.825. The minimum atomic E-state index is 0.663. The van der Waals surface area contributed by atoms with Gasteiger partial charge in [0.2, 0.25) is 0 Å². The van der Waals surface area contributed by atoms with Crippen LogP contribution in [0.25, 0.3) is 0 Å². The monoisotopic (exact) mass is 221 g/mol.